The Bertz CT molecular complexity index is 427. The molecule has 100 valence electrons. The summed E-state index contributed by atoms with van der Waals surface area (Å²) in [5.41, 5.74) is 7.69. The molecule has 1 unspecified atom stereocenters. The van der Waals surface area contributed by atoms with Crippen molar-refractivity contribution in [3.63, 3.8) is 0 Å². The van der Waals surface area contributed by atoms with Crippen LogP contribution in [0.25, 0.3) is 0 Å². The van der Waals surface area contributed by atoms with Crippen LogP contribution in [-0.2, 0) is 6.42 Å². The van der Waals surface area contributed by atoms with Gasteiger partial charge in [0.15, 0.2) is 0 Å². The van der Waals surface area contributed by atoms with Crippen LogP contribution < -0.4 is 10.6 Å². The summed E-state index contributed by atoms with van der Waals surface area (Å²) in [6.45, 7) is 7.26. The van der Waals surface area contributed by atoms with E-state index >= 15 is 0 Å². The first-order chi connectivity index (χ1) is 8.42. The number of anilines is 1. The first-order valence-electron chi connectivity index (χ1n) is 6.72. The van der Waals surface area contributed by atoms with Crippen LogP contribution in [0.15, 0.2) is 18.2 Å². The Labute approximate surface area is 109 Å². The second-order valence-electron chi connectivity index (χ2n) is 6.00. The smallest absolute Gasteiger partial charge is 0.146 e. The third-order valence-electron chi connectivity index (χ3n) is 3.78. The van der Waals surface area contributed by atoms with Crippen LogP contribution in [0.4, 0.5) is 10.1 Å². The quantitative estimate of drug-likeness (QED) is 0.893. The summed E-state index contributed by atoms with van der Waals surface area (Å²) in [5.74, 6) is -0.122. The van der Waals surface area contributed by atoms with E-state index in [1.54, 1.807) is 12.1 Å². The van der Waals surface area contributed by atoms with Crippen LogP contribution in [-0.4, -0.2) is 18.1 Å². The minimum absolute atomic E-state index is 0.0365. The lowest BCUT2D eigenvalue weighted by Gasteiger charge is -2.35. The molecule has 1 atom stereocenters. The Morgan fingerprint density at radius 1 is 1.44 bits per heavy atom. The topological polar surface area (TPSA) is 29.3 Å². The molecular weight excluding hydrogens is 227 g/mol. The molecule has 0 aromatic heterocycles. The van der Waals surface area contributed by atoms with E-state index in [2.05, 4.69) is 18.7 Å². The van der Waals surface area contributed by atoms with Crippen molar-refractivity contribution >= 4 is 5.69 Å². The third-order valence-corrected chi connectivity index (χ3v) is 3.78. The summed E-state index contributed by atoms with van der Waals surface area (Å²) in [7, 11) is 0. The largest absolute Gasteiger partial charge is 0.364 e. The van der Waals surface area contributed by atoms with Gasteiger partial charge in [-0.3, -0.25) is 0 Å². The molecule has 0 spiro atoms. The maximum atomic E-state index is 14.2. The maximum absolute atomic E-state index is 14.2. The fourth-order valence-corrected chi connectivity index (χ4v) is 2.90. The van der Waals surface area contributed by atoms with E-state index in [1.165, 1.54) is 0 Å². The average Bonchev–Trinajstić information content (AvgIpc) is 2.58. The number of hydrogen-bond donors (Lipinski definition) is 1. The molecule has 1 aliphatic rings. The van der Waals surface area contributed by atoms with Gasteiger partial charge < -0.3 is 10.6 Å². The highest BCUT2D eigenvalue weighted by molar-refractivity contribution is 5.57. The molecular formula is C15H23FN2. The van der Waals surface area contributed by atoms with Gasteiger partial charge in [-0.2, -0.15) is 0 Å². The molecule has 1 heterocycles. The molecule has 3 heteroatoms. The van der Waals surface area contributed by atoms with Gasteiger partial charge in [-0.05, 0) is 51.7 Å². The van der Waals surface area contributed by atoms with E-state index < -0.39 is 0 Å². The number of benzene rings is 1. The molecule has 1 aliphatic heterocycles. The molecule has 1 saturated heterocycles. The van der Waals surface area contributed by atoms with Gasteiger partial charge in [0.2, 0.25) is 0 Å². The molecule has 18 heavy (non-hydrogen) atoms. The molecule has 0 saturated carbocycles. The third kappa shape index (κ3) is 2.51. The Balaban J connectivity index is 2.42. The van der Waals surface area contributed by atoms with Crippen LogP contribution >= 0.6 is 0 Å². The monoisotopic (exact) mass is 250 g/mol. The number of hydrogen-bond acceptors (Lipinski definition) is 2. The van der Waals surface area contributed by atoms with Gasteiger partial charge in [0.05, 0.1) is 5.69 Å². The number of nitrogens with zero attached hydrogens (tertiary/aromatic N) is 1. The zero-order valence-electron chi connectivity index (χ0n) is 11.5. The van der Waals surface area contributed by atoms with Crippen molar-refractivity contribution in [2.75, 3.05) is 11.4 Å². The molecule has 2 N–H and O–H groups in total. The van der Waals surface area contributed by atoms with Gasteiger partial charge in [-0.15, -0.1) is 0 Å². The van der Waals surface area contributed by atoms with Crippen molar-refractivity contribution in [2.45, 2.75) is 51.6 Å². The van der Waals surface area contributed by atoms with Crippen molar-refractivity contribution in [1.29, 1.82) is 0 Å². The summed E-state index contributed by atoms with van der Waals surface area (Å²) in [5, 5.41) is 0. The van der Waals surface area contributed by atoms with Crippen LogP contribution in [0.5, 0.6) is 0 Å². The first kappa shape index (κ1) is 13.3. The van der Waals surface area contributed by atoms with Crippen molar-refractivity contribution in [1.82, 2.24) is 0 Å². The Morgan fingerprint density at radius 3 is 2.72 bits per heavy atom. The average molecular weight is 250 g/mol. The zero-order chi connectivity index (χ0) is 13.3. The molecule has 0 aliphatic carbocycles. The van der Waals surface area contributed by atoms with E-state index in [-0.39, 0.29) is 17.4 Å². The second-order valence-corrected chi connectivity index (χ2v) is 6.00. The number of para-hydroxylation sites is 1. The van der Waals surface area contributed by atoms with Crippen LogP contribution in [0, 0.1) is 5.82 Å². The van der Waals surface area contributed by atoms with E-state index in [0.717, 1.165) is 37.1 Å². The van der Waals surface area contributed by atoms with Gasteiger partial charge >= 0.3 is 0 Å². The van der Waals surface area contributed by atoms with E-state index in [4.69, 9.17) is 5.73 Å². The van der Waals surface area contributed by atoms with Crippen LogP contribution in [0.3, 0.4) is 0 Å². The van der Waals surface area contributed by atoms with Gasteiger partial charge in [0, 0.05) is 18.1 Å². The summed E-state index contributed by atoms with van der Waals surface area (Å²) in [6, 6.07) is 5.38. The van der Waals surface area contributed by atoms with E-state index in [0.29, 0.717) is 0 Å². The van der Waals surface area contributed by atoms with E-state index in [9.17, 15) is 4.39 Å². The van der Waals surface area contributed by atoms with Gasteiger partial charge in [0.25, 0.3) is 0 Å². The Hall–Kier alpha value is -1.09. The minimum atomic E-state index is -0.122. The predicted molar refractivity (Wildman–Crippen MR) is 74.4 cm³/mol. The Kier molecular flexibility index (Phi) is 3.62. The lowest BCUT2D eigenvalue weighted by Crippen LogP contribution is -2.39. The van der Waals surface area contributed by atoms with Gasteiger partial charge in [-0.1, -0.05) is 12.1 Å². The standard InChI is InChI=1S/C15H23FN2/c1-11(17)10-12-6-4-7-13(16)14(12)18-9-5-8-15(18,2)3/h4,6-7,11H,5,8-10,17H2,1-3H3. The molecule has 0 amide bonds. The molecule has 2 nitrogen and oxygen atoms in total. The van der Waals surface area contributed by atoms with Crippen molar-refractivity contribution in [3.8, 4) is 0 Å². The highest BCUT2D eigenvalue weighted by atomic mass is 19.1. The van der Waals surface area contributed by atoms with Crippen molar-refractivity contribution in [3.05, 3.63) is 29.6 Å². The molecule has 0 bridgehead atoms. The number of rotatable bonds is 3. The summed E-state index contributed by atoms with van der Waals surface area (Å²) < 4.78 is 14.2. The van der Waals surface area contributed by atoms with Crippen molar-refractivity contribution < 1.29 is 4.39 Å². The first-order valence-corrected chi connectivity index (χ1v) is 6.72. The highest BCUT2D eigenvalue weighted by Gasteiger charge is 2.34. The normalized spacial score (nSPS) is 20.2. The SMILES string of the molecule is CC(N)Cc1cccc(F)c1N1CCCC1(C)C. The summed E-state index contributed by atoms with van der Waals surface area (Å²) in [6.07, 6.45) is 2.96. The van der Waals surface area contributed by atoms with Crippen LogP contribution in [0.1, 0.15) is 39.2 Å². The fourth-order valence-electron chi connectivity index (χ4n) is 2.90. The van der Waals surface area contributed by atoms with Gasteiger partial charge in [-0.25, -0.2) is 4.39 Å². The molecule has 2 rings (SSSR count). The van der Waals surface area contributed by atoms with Crippen LogP contribution in [0.2, 0.25) is 0 Å². The second kappa shape index (κ2) is 4.88. The van der Waals surface area contributed by atoms with Gasteiger partial charge in [0.1, 0.15) is 5.82 Å². The van der Waals surface area contributed by atoms with E-state index in [1.807, 2.05) is 13.0 Å². The Morgan fingerprint density at radius 2 is 2.17 bits per heavy atom. The molecule has 1 aromatic rings. The number of halogens is 1. The maximum Gasteiger partial charge on any atom is 0.146 e. The lowest BCUT2D eigenvalue weighted by molar-refractivity contribution is 0.504. The summed E-state index contributed by atoms with van der Waals surface area (Å²) in [4.78, 5) is 2.21. The lowest BCUT2D eigenvalue weighted by atomic mass is 9.98. The number of nitrogens with two attached hydrogens (primary N) is 1. The molecule has 1 aromatic carbocycles. The zero-order valence-corrected chi connectivity index (χ0v) is 11.5. The minimum Gasteiger partial charge on any atom is -0.364 e. The molecule has 1 fully saturated rings. The molecule has 0 radical (unpaired) electrons. The fraction of sp³-hybridized carbons (Fsp3) is 0.600. The predicted octanol–water partition coefficient (Wildman–Crippen LogP) is 3.09. The summed E-state index contributed by atoms with van der Waals surface area (Å²) >= 11 is 0. The highest BCUT2D eigenvalue weighted by Crippen LogP contribution is 2.37. The van der Waals surface area contributed by atoms with Crippen molar-refractivity contribution in [2.24, 2.45) is 5.73 Å².